The SMILES string of the molecule is CCCCCCCCN(c1ccccc1)c1ccc(C=O)c(C=O)c1. The molecule has 25 heavy (non-hydrogen) atoms. The summed E-state index contributed by atoms with van der Waals surface area (Å²) in [6, 6.07) is 15.6. The van der Waals surface area contributed by atoms with E-state index in [1.165, 1.54) is 32.1 Å². The normalized spacial score (nSPS) is 10.4. The van der Waals surface area contributed by atoms with E-state index in [1.807, 2.05) is 24.3 Å². The van der Waals surface area contributed by atoms with Crippen LogP contribution in [0.1, 0.15) is 66.2 Å². The highest BCUT2D eigenvalue weighted by atomic mass is 16.1. The van der Waals surface area contributed by atoms with Gasteiger partial charge < -0.3 is 4.90 Å². The van der Waals surface area contributed by atoms with Crippen molar-refractivity contribution >= 4 is 23.9 Å². The van der Waals surface area contributed by atoms with Crippen molar-refractivity contribution < 1.29 is 9.59 Å². The first-order valence-corrected chi connectivity index (χ1v) is 9.17. The Morgan fingerprint density at radius 2 is 1.44 bits per heavy atom. The third-order valence-electron chi connectivity index (χ3n) is 4.44. The Morgan fingerprint density at radius 3 is 2.12 bits per heavy atom. The number of aldehydes is 2. The maximum absolute atomic E-state index is 11.3. The second-order valence-corrected chi connectivity index (χ2v) is 6.30. The van der Waals surface area contributed by atoms with E-state index in [-0.39, 0.29) is 0 Å². The minimum Gasteiger partial charge on any atom is -0.341 e. The molecular weight excluding hydrogens is 310 g/mol. The fraction of sp³-hybridized carbons (Fsp3) is 0.364. The lowest BCUT2D eigenvalue weighted by molar-refractivity contribution is 0.109. The van der Waals surface area contributed by atoms with Crippen molar-refractivity contribution in [1.29, 1.82) is 0 Å². The molecule has 0 aromatic heterocycles. The van der Waals surface area contributed by atoms with Gasteiger partial charge in [0.1, 0.15) is 0 Å². The summed E-state index contributed by atoms with van der Waals surface area (Å²) in [5.41, 5.74) is 2.93. The van der Waals surface area contributed by atoms with Crippen LogP contribution in [-0.4, -0.2) is 19.1 Å². The van der Waals surface area contributed by atoms with E-state index in [4.69, 9.17) is 0 Å². The molecule has 0 aliphatic heterocycles. The fourth-order valence-electron chi connectivity index (χ4n) is 3.00. The van der Waals surface area contributed by atoms with Crippen LogP contribution in [-0.2, 0) is 0 Å². The van der Waals surface area contributed by atoms with Crippen molar-refractivity contribution in [1.82, 2.24) is 0 Å². The molecular formula is C22H27NO2. The molecule has 2 aromatic rings. The number of hydrogen-bond donors (Lipinski definition) is 0. The van der Waals surface area contributed by atoms with Crippen LogP contribution < -0.4 is 4.90 Å². The van der Waals surface area contributed by atoms with Crippen molar-refractivity contribution in [2.45, 2.75) is 45.4 Å². The topological polar surface area (TPSA) is 37.4 Å². The fourth-order valence-corrected chi connectivity index (χ4v) is 3.00. The van der Waals surface area contributed by atoms with Crippen LogP contribution >= 0.6 is 0 Å². The van der Waals surface area contributed by atoms with Gasteiger partial charge in [-0.25, -0.2) is 0 Å². The Balaban J connectivity index is 2.15. The largest absolute Gasteiger partial charge is 0.341 e. The van der Waals surface area contributed by atoms with Crippen LogP contribution in [0.15, 0.2) is 48.5 Å². The number of rotatable bonds is 11. The molecule has 0 unspecified atom stereocenters. The minimum absolute atomic E-state index is 0.436. The van der Waals surface area contributed by atoms with Gasteiger partial charge in [0.05, 0.1) is 0 Å². The van der Waals surface area contributed by atoms with Gasteiger partial charge in [-0.05, 0) is 36.8 Å². The van der Waals surface area contributed by atoms with E-state index >= 15 is 0 Å². The van der Waals surface area contributed by atoms with Crippen LogP contribution in [0.5, 0.6) is 0 Å². The molecule has 3 nitrogen and oxygen atoms in total. The number of unbranched alkanes of at least 4 members (excludes halogenated alkanes) is 5. The summed E-state index contributed by atoms with van der Waals surface area (Å²) in [4.78, 5) is 24.6. The van der Waals surface area contributed by atoms with Crippen molar-refractivity contribution in [2.24, 2.45) is 0 Å². The highest BCUT2D eigenvalue weighted by Gasteiger charge is 2.11. The molecule has 0 spiro atoms. The molecule has 0 heterocycles. The second-order valence-electron chi connectivity index (χ2n) is 6.30. The molecule has 0 saturated heterocycles. The quantitative estimate of drug-likeness (QED) is 0.383. The number of para-hydroxylation sites is 1. The van der Waals surface area contributed by atoms with Gasteiger partial charge in [-0.3, -0.25) is 9.59 Å². The third kappa shape index (κ3) is 5.56. The summed E-state index contributed by atoms with van der Waals surface area (Å²) < 4.78 is 0. The van der Waals surface area contributed by atoms with Crippen LogP contribution in [0, 0.1) is 0 Å². The molecule has 132 valence electrons. The van der Waals surface area contributed by atoms with Crippen LogP contribution in [0.2, 0.25) is 0 Å². The Kier molecular flexibility index (Phi) is 7.90. The molecule has 2 rings (SSSR count). The van der Waals surface area contributed by atoms with Gasteiger partial charge in [-0.15, -0.1) is 0 Å². The zero-order chi connectivity index (χ0) is 17.9. The average molecular weight is 337 g/mol. The molecule has 2 aromatic carbocycles. The number of carbonyl (C=O) groups excluding carboxylic acids is 2. The van der Waals surface area contributed by atoms with Gasteiger partial charge >= 0.3 is 0 Å². The van der Waals surface area contributed by atoms with Gasteiger partial charge in [0.25, 0.3) is 0 Å². The number of anilines is 2. The van der Waals surface area contributed by atoms with E-state index in [0.717, 1.165) is 36.9 Å². The van der Waals surface area contributed by atoms with Crippen LogP contribution in [0.4, 0.5) is 11.4 Å². The standard InChI is InChI=1S/C22H27NO2/c1-2-3-4-5-6-10-15-23(21-11-8-7-9-12-21)22-14-13-19(17-24)20(16-22)18-25/h7-9,11-14,16-18H,2-6,10,15H2,1H3. The van der Waals surface area contributed by atoms with Gasteiger partial charge in [-0.1, -0.05) is 57.2 Å². The van der Waals surface area contributed by atoms with Crippen molar-refractivity contribution in [2.75, 3.05) is 11.4 Å². The molecule has 0 amide bonds. The number of hydrogen-bond acceptors (Lipinski definition) is 3. The molecule has 0 fully saturated rings. The van der Waals surface area contributed by atoms with Crippen LogP contribution in [0.3, 0.4) is 0 Å². The van der Waals surface area contributed by atoms with Crippen molar-refractivity contribution in [3.8, 4) is 0 Å². The smallest absolute Gasteiger partial charge is 0.150 e. The lowest BCUT2D eigenvalue weighted by Crippen LogP contribution is -2.18. The van der Waals surface area contributed by atoms with Crippen LogP contribution in [0.25, 0.3) is 0 Å². The monoisotopic (exact) mass is 337 g/mol. The molecule has 0 aliphatic rings. The Bertz CT molecular complexity index is 667. The zero-order valence-corrected chi connectivity index (χ0v) is 15.0. The average Bonchev–Trinajstić information content (AvgIpc) is 2.67. The summed E-state index contributed by atoms with van der Waals surface area (Å²) in [7, 11) is 0. The van der Waals surface area contributed by atoms with Crippen molar-refractivity contribution in [3.05, 3.63) is 59.7 Å². The summed E-state index contributed by atoms with van der Waals surface area (Å²) in [6.45, 7) is 3.12. The van der Waals surface area contributed by atoms with Crippen molar-refractivity contribution in [3.63, 3.8) is 0 Å². The Morgan fingerprint density at radius 1 is 0.760 bits per heavy atom. The highest BCUT2D eigenvalue weighted by Crippen LogP contribution is 2.27. The zero-order valence-electron chi connectivity index (χ0n) is 15.0. The number of carbonyl (C=O) groups is 2. The molecule has 0 saturated carbocycles. The predicted octanol–water partition coefficient (Wildman–Crippen LogP) is 5.81. The van der Waals surface area contributed by atoms with Gasteiger partial charge in [0.2, 0.25) is 0 Å². The Hall–Kier alpha value is -2.42. The van der Waals surface area contributed by atoms with Gasteiger partial charge in [-0.2, -0.15) is 0 Å². The number of nitrogens with zero attached hydrogens (tertiary/aromatic N) is 1. The van der Waals surface area contributed by atoms with E-state index in [1.54, 1.807) is 12.1 Å². The maximum Gasteiger partial charge on any atom is 0.150 e. The molecule has 0 radical (unpaired) electrons. The van der Waals surface area contributed by atoms with E-state index in [9.17, 15) is 9.59 Å². The minimum atomic E-state index is 0.436. The second kappa shape index (κ2) is 10.4. The van der Waals surface area contributed by atoms with E-state index < -0.39 is 0 Å². The lowest BCUT2D eigenvalue weighted by atomic mass is 10.1. The lowest BCUT2D eigenvalue weighted by Gasteiger charge is -2.25. The highest BCUT2D eigenvalue weighted by molar-refractivity contribution is 5.92. The van der Waals surface area contributed by atoms with Gasteiger partial charge in [0.15, 0.2) is 12.6 Å². The first-order chi connectivity index (χ1) is 12.3. The number of benzene rings is 2. The summed E-state index contributed by atoms with van der Waals surface area (Å²) in [5, 5.41) is 0. The first kappa shape index (κ1) is 18.9. The van der Waals surface area contributed by atoms with E-state index in [2.05, 4.69) is 24.0 Å². The van der Waals surface area contributed by atoms with Gasteiger partial charge in [0, 0.05) is 29.0 Å². The molecule has 0 N–H and O–H groups in total. The summed E-state index contributed by atoms with van der Waals surface area (Å²) in [5.74, 6) is 0. The summed E-state index contributed by atoms with van der Waals surface area (Å²) in [6.07, 6.45) is 8.91. The molecule has 0 atom stereocenters. The predicted molar refractivity (Wildman–Crippen MR) is 104 cm³/mol. The molecule has 0 bridgehead atoms. The third-order valence-corrected chi connectivity index (χ3v) is 4.44. The van der Waals surface area contributed by atoms with E-state index in [0.29, 0.717) is 11.1 Å². The summed E-state index contributed by atoms with van der Waals surface area (Å²) >= 11 is 0. The Labute approximate surface area is 150 Å². The molecule has 3 heteroatoms. The molecule has 0 aliphatic carbocycles. The first-order valence-electron chi connectivity index (χ1n) is 9.17. The maximum atomic E-state index is 11.3.